The van der Waals surface area contributed by atoms with Gasteiger partial charge in [-0.2, -0.15) is 5.10 Å². The molecule has 1 aliphatic heterocycles. The van der Waals surface area contributed by atoms with E-state index in [1.165, 1.54) is 23.7 Å². The van der Waals surface area contributed by atoms with Crippen LogP contribution in [0.4, 0.5) is 5.69 Å². The number of anilines is 1. The summed E-state index contributed by atoms with van der Waals surface area (Å²) in [5, 5.41) is 4.34. The van der Waals surface area contributed by atoms with E-state index in [2.05, 4.69) is 9.82 Å². The van der Waals surface area contributed by atoms with E-state index >= 15 is 0 Å². The van der Waals surface area contributed by atoms with Crippen molar-refractivity contribution in [2.24, 2.45) is 0 Å². The van der Waals surface area contributed by atoms with Gasteiger partial charge >= 0.3 is 0 Å². The SMILES string of the molecule is CC(=O)N1c2ccc(S(=O)(=O)NCCn3nc(C4CC4)ccc3=O)cc2CC1C. The van der Waals surface area contributed by atoms with Gasteiger partial charge in [-0.3, -0.25) is 9.59 Å². The van der Waals surface area contributed by atoms with Crippen molar-refractivity contribution < 1.29 is 13.2 Å². The second-order valence-corrected chi connectivity index (χ2v) is 9.49. The fraction of sp³-hybridized carbons (Fsp3) is 0.450. The lowest BCUT2D eigenvalue weighted by Gasteiger charge is -2.20. The van der Waals surface area contributed by atoms with Crippen LogP contribution in [0.15, 0.2) is 40.0 Å². The molecule has 9 heteroatoms. The molecular formula is C20H24N4O4S. The minimum absolute atomic E-state index is 0.00473. The van der Waals surface area contributed by atoms with Gasteiger partial charge in [0.25, 0.3) is 5.56 Å². The first-order valence-corrected chi connectivity index (χ1v) is 11.2. The molecule has 2 heterocycles. The fourth-order valence-corrected chi connectivity index (χ4v) is 4.92. The Morgan fingerprint density at radius 2 is 2.00 bits per heavy atom. The Hall–Kier alpha value is -2.52. The largest absolute Gasteiger partial charge is 0.309 e. The fourth-order valence-electron chi connectivity index (χ4n) is 3.85. The topological polar surface area (TPSA) is 101 Å². The van der Waals surface area contributed by atoms with Gasteiger partial charge in [0.05, 0.1) is 17.1 Å². The second kappa shape index (κ2) is 7.38. The van der Waals surface area contributed by atoms with E-state index < -0.39 is 10.0 Å². The maximum absolute atomic E-state index is 12.7. The van der Waals surface area contributed by atoms with Crippen molar-refractivity contribution in [3.05, 3.63) is 51.9 Å². The Labute approximate surface area is 169 Å². The molecule has 1 saturated carbocycles. The predicted octanol–water partition coefficient (Wildman–Crippen LogP) is 1.40. The number of carbonyl (C=O) groups is 1. The highest BCUT2D eigenvalue weighted by Gasteiger charge is 2.30. The Morgan fingerprint density at radius 1 is 1.24 bits per heavy atom. The number of fused-ring (bicyclic) bond motifs is 1. The average molecular weight is 417 g/mol. The minimum Gasteiger partial charge on any atom is -0.309 e. The molecule has 8 nitrogen and oxygen atoms in total. The monoisotopic (exact) mass is 416 g/mol. The van der Waals surface area contributed by atoms with Gasteiger partial charge in [-0.05, 0) is 56.0 Å². The molecule has 2 aliphatic rings. The Bertz CT molecular complexity index is 1120. The second-order valence-electron chi connectivity index (χ2n) is 7.72. The molecule has 0 saturated heterocycles. The zero-order chi connectivity index (χ0) is 20.8. The number of rotatable bonds is 6. The molecule has 1 atom stereocenters. The Balaban J connectivity index is 1.46. The van der Waals surface area contributed by atoms with Crippen LogP contribution < -0.4 is 15.2 Å². The highest BCUT2D eigenvalue weighted by molar-refractivity contribution is 7.89. The van der Waals surface area contributed by atoms with E-state index in [1.54, 1.807) is 23.1 Å². The quantitative estimate of drug-likeness (QED) is 0.767. The first-order valence-electron chi connectivity index (χ1n) is 9.77. The number of hydrogen-bond donors (Lipinski definition) is 1. The van der Waals surface area contributed by atoms with Gasteiger partial charge in [-0.25, -0.2) is 17.8 Å². The van der Waals surface area contributed by atoms with Gasteiger partial charge < -0.3 is 4.90 Å². The summed E-state index contributed by atoms with van der Waals surface area (Å²) in [4.78, 5) is 25.6. The molecule has 1 amide bonds. The summed E-state index contributed by atoms with van der Waals surface area (Å²) < 4.78 is 29.2. The Kier molecular flexibility index (Phi) is 5.04. The molecule has 0 radical (unpaired) electrons. The van der Waals surface area contributed by atoms with Crippen molar-refractivity contribution in [2.75, 3.05) is 11.4 Å². The first-order chi connectivity index (χ1) is 13.8. The number of nitrogens with one attached hydrogen (secondary N) is 1. The summed E-state index contributed by atoms with van der Waals surface area (Å²) in [5.74, 6) is 0.360. The number of aromatic nitrogens is 2. The predicted molar refractivity (Wildman–Crippen MR) is 108 cm³/mol. The van der Waals surface area contributed by atoms with Crippen molar-refractivity contribution in [2.45, 2.75) is 56.5 Å². The van der Waals surface area contributed by atoms with Crippen LogP contribution >= 0.6 is 0 Å². The number of carbonyl (C=O) groups excluding carboxylic acids is 1. The van der Waals surface area contributed by atoms with Crippen molar-refractivity contribution in [3.63, 3.8) is 0 Å². The van der Waals surface area contributed by atoms with E-state index in [0.29, 0.717) is 12.3 Å². The number of sulfonamides is 1. The van der Waals surface area contributed by atoms with Crippen molar-refractivity contribution in [1.29, 1.82) is 0 Å². The van der Waals surface area contributed by atoms with Gasteiger partial charge in [0.1, 0.15) is 0 Å². The average Bonchev–Trinajstić information content (AvgIpc) is 3.44. The van der Waals surface area contributed by atoms with Gasteiger partial charge in [-0.1, -0.05) is 0 Å². The minimum atomic E-state index is -3.73. The Morgan fingerprint density at radius 3 is 2.69 bits per heavy atom. The molecule has 1 unspecified atom stereocenters. The molecule has 4 rings (SSSR count). The number of nitrogens with zero attached hydrogens (tertiary/aromatic N) is 3. The van der Waals surface area contributed by atoms with Crippen molar-refractivity contribution >= 4 is 21.6 Å². The zero-order valence-corrected chi connectivity index (χ0v) is 17.3. The summed E-state index contributed by atoms with van der Waals surface area (Å²) in [7, 11) is -3.73. The summed E-state index contributed by atoms with van der Waals surface area (Å²) in [5.41, 5.74) is 2.24. The molecule has 1 aromatic carbocycles. The van der Waals surface area contributed by atoms with E-state index in [4.69, 9.17) is 0 Å². The third-order valence-electron chi connectivity index (χ3n) is 5.41. The lowest BCUT2D eigenvalue weighted by molar-refractivity contribution is -0.116. The smallest absolute Gasteiger partial charge is 0.266 e. The highest BCUT2D eigenvalue weighted by atomic mass is 32.2. The molecule has 2 aromatic rings. The third kappa shape index (κ3) is 3.97. The number of benzene rings is 1. The van der Waals surface area contributed by atoms with E-state index in [9.17, 15) is 18.0 Å². The summed E-state index contributed by atoms with van der Waals surface area (Å²) >= 11 is 0. The molecule has 1 N–H and O–H groups in total. The van der Waals surface area contributed by atoms with Crippen LogP contribution in [-0.2, 0) is 27.8 Å². The molecule has 1 fully saturated rings. The van der Waals surface area contributed by atoms with Gasteiger partial charge in [0.2, 0.25) is 15.9 Å². The maximum Gasteiger partial charge on any atom is 0.266 e. The number of amides is 1. The van der Waals surface area contributed by atoms with Crippen LogP contribution in [0.1, 0.15) is 43.9 Å². The lowest BCUT2D eigenvalue weighted by atomic mass is 10.1. The lowest BCUT2D eigenvalue weighted by Crippen LogP contribution is -2.33. The van der Waals surface area contributed by atoms with Crippen LogP contribution in [0.3, 0.4) is 0 Å². The van der Waals surface area contributed by atoms with Gasteiger partial charge in [0.15, 0.2) is 0 Å². The molecule has 1 aromatic heterocycles. The molecule has 1 aliphatic carbocycles. The van der Waals surface area contributed by atoms with Crippen molar-refractivity contribution in [1.82, 2.24) is 14.5 Å². The van der Waals surface area contributed by atoms with E-state index in [0.717, 1.165) is 29.8 Å². The van der Waals surface area contributed by atoms with Crippen LogP contribution in [-0.4, -0.2) is 36.7 Å². The maximum atomic E-state index is 12.7. The zero-order valence-electron chi connectivity index (χ0n) is 16.5. The summed E-state index contributed by atoms with van der Waals surface area (Å²) in [6, 6.07) is 8.04. The number of hydrogen-bond acceptors (Lipinski definition) is 5. The molecular weight excluding hydrogens is 392 g/mol. The van der Waals surface area contributed by atoms with Crippen molar-refractivity contribution in [3.8, 4) is 0 Å². The van der Waals surface area contributed by atoms with Gasteiger partial charge in [0, 0.05) is 37.2 Å². The standard InChI is InChI=1S/C20H24N4O4S/c1-13-11-16-12-17(5-7-19(16)24(13)14(2)25)29(27,28)21-9-10-23-20(26)8-6-18(22-23)15-3-4-15/h5-8,12-13,15,21H,3-4,9-11H2,1-2H3. The first kappa shape index (κ1) is 19.8. The van der Waals surface area contributed by atoms with Crippen LogP contribution in [0.2, 0.25) is 0 Å². The highest BCUT2D eigenvalue weighted by Crippen LogP contribution is 2.38. The van der Waals surface area contributed by atoms with E-state index in [-0.39, 0.29) is 35.5 Å². The normalized spacial score (nSPS) is 18.7. The molecule has 29 heavy (non-hydrogen) atoms. The summed E-state index contributed by atoms with van der Waals surface area (Å²) in [6.07, 6.45) is 2.78. The summed E-state index contributed by atoms with van der Waals surface area (Å²) in [6.45, 7) is 3.68. The van der Waals surface area contributed by atoms with Crippen LogP contribution in [0, 0.1) is 0 Å². The molecule has 0 bridgehead atoms. The van der Waals surface area contributed by atoms with Gasteiger partial charge in [-0.15, -0.1) is 0 Å². The van der Waals surface area contributed by atoms with E-state index in [1.807, 2.05) is 6.92 Å². The van der Waals surface area contributed by atoms with Crippen LogP contribution in [0.25, 0.3) is 0 Å². The van der Waals surface area contributed by atoms with Crippen LogP contribution in [0.5, 0.6) is 0 Å². The molecule has 0 spiro atoms. The molecule has 154 valence electrons. The third-order valence-corrected chi connectivity index (χ3v) is 6.87.